The highest BCUT2D eigenvalue weighted by molar-refractivity contribution is 5.80. The summed E-state index contributed by atoms with van der Waals surface area (Å²) >= 11 is 0. The molecule has 5 nitrogen and oxygen atoms in total. The number of halogens is 2. The Morgan fingerprint density at radius 1 is 1.32 bits per heavy atom. The van der Waals surface area contributed by atoms with Gasteiger partial charge in [0.1, 0.15) is 0 Å². The van der Waals surface area contributed by atoms with E-state index in [4.69, 9.17) is 0 Å². The van der Waals surface area contributed by atoms with Gasteiger partial charge >= 0.3 is 0 Å². The number of aliphatic hydroxyl groups excluding tert-OH is 1. The van der Waals surface area contributed by atoms with Gasteiger partial charge in [-0.3, -0.25) is 9.48 Å². The van der Waals surface area contributed by atoms with Crippen molar-refractivity contribution in [3.8, 4) is 0 Å². The Morgan fingerprint density at radius 2 is 2.04 bits per heavy atom. The second kappa shape index (κ2) is 6.55. The lowest BCUT2D eigenvalue weighted by atomic mass is 10.0. The van der Waals surface area contributed by atoms with E-state index in [0.29, 0.717) is 12.0 Å². The Morgan fingerprint density at radius 3 is 2.64 bits per heavy atom. The number of carbonyl (C=O) groups excluding carboxylic acids is 1. The van der Waals surface area contributed by atoms with Crippen LogP contribution >= 0.6 is 0 Å². The molecule has 1 N–H and O–H groups in total. The Kier molecular flexibility index (Phi) is 4.60. The van der Waals surface area contributed by atoms with Crippen LogP contribution in [0.5, 0.6) is 0 Å². The maximum absolute atomic E-state index is 13.6. The van der Waals surface area contributed by atoms with E-state index in [1.165, 1.54) is 6.07 Å². The van der Waals surface area contributed by atoms with E-state index in [2.05, 4.69) is 5.10 Å². The number of aliphatic hydroxyl groups is 1. The van der Waals surface area contributed by atoms with E-state index >= 15 is 0 Å². The second-order valence-electron chi connectivity index (χ2n) is 6.57. The van der Waals surface area contributed by atoms with Crippen LogP contribution in [0, 0.1) is 25.5 Å². The molecule has 1 aliphatic rings. The molecule has 1 saturated heterocycles. The standard InChI is InChI=1S/C18H21F2N3O2/c1-10-14(11(2)22(3)21-10)8-18(25)23-9-13(24)7-17(23)12-4-5-15(19)16(20)6-12/h4-6,13,17,24H,7-9H2,1-3H3/t13-,17-/m0/s1. The highest BCUT2D eigenvalue weighted by Crippen LogP contribution is 2.33. The summed E-state index contributed by atoms with van der Waals surface area (Å²) in [6.45, 7) is 3.93. The van der Waals surface area contributed by atoms with Gasteiger partial charge in [0.05, 0.1) is 24.3 Å². The molecular formula is C18H21F2N3O2. The molecule has 1 aromatic carbocycles. The van der Waals surface area contributed by atoms with Gasteiger partial charge in [0.2, 0.25) is 5.91 Å². The SMILES string of the molecule is Cc1nn(C)c(C)c1CC(=O)N1C[C@@H](O)C[C@H]1c1ccc(F)c(F)c1. The predicted octanol–water partition coefficient (Wildman–Crippen LogP) is 2.19. The van der Waals surface area contributed by atoms with E-state index < -0.39 is 23.8 Å². The number of rotatable bonds is 3. The van der Waals surface area contributed by atoms with Crippen molar-refractivity contribution in [3.05, 3.63) is 52.3 Å². The fourth-order valence-corrected chi connectivity index (χ4v) is 3.45. The van der Waals surface area contributed by atoms with Crippen molar-refractivity contribution in [1.82, 2.24) is 14.7 Å². The number of aromatic nitrogens is 2. The third kappa shape index (κ3) is 3.28. The van der Waals surface area contributed by atoms with Gasteiger partial charge in [-0.25, -0.2) is 8.78 Å². The smallest absolute Gasteiger partial charge is 0.227 e. The normalized spacial score (nSPS) is 20.3. The molecule has 1 aliphatic heterocycles. The molecule has 1 amide bonds. The van der Waals surface area contributed by atoms with Crippen molar-refractivity contribution in [1.29, 1.82) is 0 Å². The molecule has 0 spiro atoms. The first-order valence-electron chi connectivity index (χ1n) is 8.19. The van der Waals surface area contributed by atoms with Gasteiger partial charge in [-0.2, -0.15) is 5.10 Å². The van der Waals surface area contributed by atoms with Crippen molar-refractivity contribution < 1.29 is 18.7 Å². The minimum Gasteiger partial charge on any atom is -0.391 e. The van der Waals surface area contributed by atoms with Crippen LogP contribution in [0.2, 0.25) is 0 Å². The number of amides is 1. The molecule has 2 aromatic rings. The van der Waals surface area contributed by atoms with E-state index in [0.717, 1.165) is 29.1 Å². The van der Waals surface area contributed by atoms with Gasteiger partial charge in [0.25, 0.3) is 0 Å². The Labute approximate surface area is 144 Å². The zero-order valence-corrected chi connectivity index (χ0v) is 14.5. The third-order valence-electron chi connectivity index (χ3n) is 4.91. The molecule has 0 aliphatic carbocycles. The summed E-state index contributed by atoms with van der Waals surface area (Å²) in [5.41, 5.74) is 3.05. The minimum absolute atomic E-state index is 0.162. The first kappa shape index (κ1) is 17.5. The highest BCUT2D eigenvalue weighted by atomic mass is 19.2. The highest BCUT2D eigenvalue weighted by Gasteiger charge is 2.36. The summed E-state index contributed by atoms with van der Waals surface area (Å²) in [6.07, 6.45) is -0.210. The topological polar surface area (TPSA) is 58.4 Å². The summed E-state index contributed by atoms with van der Waals surface area (Å²) in [6, 6.07) is 3.14. The molecule has 0 unspecified atom stereocenters. The zero-order valence-electron chi connectivity index (χ0n) is 14.5. The van der Waals surface area contributed by atoms with Crippen LogP contribution in [0.4, 0.5) is 8.78 Å². The lowest BCUT2D eigenvalue weighted by molar-refractivity contribution is -0.131. The second-order valence-corrected chi connectivity index (χ2v) is 6.57. The quantitative estimate of drug-likeness (QED) is 0.924. The number of hydrogen-bond acceptors (Lipinski definition) is 3. The van der Waals surface area contributed by atoms with E-state index in [9.17, 15) is 18.7 Å². The maximum atomic E-state index is 13.6. The molecule has 2 atom stereocenters. The average Bonchev–Trinajstić information content (AvgIpc) is 3.05. The maximum Gasteiger partial charge on any atom is 0.227 e. The molecule has 0 radical (unpaired) electrons. The van der Waals surface area contributed by atoms with E-state index in [1.807, 2.05) is 20.9 Å². The van der Waals surface area contributed by atoms with Crippen LogP contribution < -0.4 is 0 Å². The van der Waals surface area contributed by atoms with Crippen LogP contribution in [0.25, 0.3) is 0 Å². The molecule has 1 fully saturated rings. The van der Waals surface area contributed by atoms with Gasteiger partial charge in [-0.15, -0.1) is 0 Å². The van der Waals surface area contributed by atoms with Crippen molar-refractivity contribution in [2.75, 3.05) is 6.54 Å². The summed E-state index contributed by atoms with van der Waals surface area (Å²) in [5, 5.41) is 14.3. The first-order chi connectivity index (χ1) is 11.8. The number of nitrogens with zero attached hydrogens (tertiary/aromatic N) is 3. The van der Waals surface area contributed by atoms with E-state index in [-0.39, 0.29) is 18.9 Å². The number of likely N-dealkylation sites (tertiary alicyclic amines) is 1. The van der Waals surface area contributed by atoms with Gasteiger partial charge < -0.3 is 10.0 Å². The molecule has 2 heterocycles. The fourth-order valence-electron chi connectivity index (χ4n) is 3.45. The molecule has 7 heteroatoms. The van der Waals surface area contributed by atoms with Crippen molar-refractivity contribution >= 4 is 5.91 Å². The number of aryl methyl sites for hydroxylation is 2. The molecule has 1 aromatic heterocycles. The Balaban J connectivity index is 1.86. The van der Waals surface area contributed by atoms with Gasteiger partial charge in [0, 0.05) is 24.8 Å². The number of carbonyl (C=O) groups is 1. The Hall–Kier alpha value is -2.28. The largest absolute Gasteiger partial charge is 0.391 e. The molecule has 25 heavy (non-hydrogen) atoms. The van der Waals surface area contributed by atoms with Gasteiger partial charge in [-0.1, -0.05) is 6.07 Å². The van der Waals surface area contributed by atoms with E-state index in [1.54, 1.807) is 9.58 Å². The van der Waals surface area contributed by atoms with Gasteiger partial charge in [-0.05, 0) is 38.0 Å². The lowest BCUT2D eigenvalue weighted by Gasteiger charge is -2.25. The first-order valence-corrected chi connectivity index (χ1v) is 8.19. The van der Waals surface area contributed by atoms with Crippen LogP contribution in [-0.2, 0) is 18.3 Å². The molecule has 0 bridgehead atoms. The van der Waals surface area contributed by atoms with Gasteiger partial charge in [0.15, 0.2) is 11.6 Å². The van der Waals surface area contributed by atoms with Crippen LogP contribution in [-0.4, -0.2) is 38.3 Å². The number of benzene rings is 1. The lowest BCUT2D eigenvalue weighted by Crippen LogP contribution is -2.33. The molecule has 0 saturated carbocycles. The minimum atomic E-state index is -0.953. The van der Waals surface area contributed by atoms with Crippen LogP contribution in [0.3, 0.4) is 0 Å². The predicted molar refractivity (Wildman–Crippen MR) is 87.8 cm³/mol. The molecule has 3 rings (SSSR count). The summed E-state index contributed by atoms with van der Waals surface area (Å²) in [5.74, 6) is -2.04. The summed E-state index contributed by atoms with van der Waals surface area (Å²) < 4.78 is 28.5. The average molecular weight is 349 g/mol. The van der Waals surface area contributed by atoms with Crippen LogP contribution in [0.15, 0.2) is 18.2 Å². The summed E-state index contributed by atoms with van der Waals surface area (Å²) in [7, 11) is 1.82. The monoisotopic (exact) mass is 349 g/mol. The molecular weight excluding hydrogens is 328 g/mol. The number of hydrogen-bond donors (Lipinski definition) is 1. The van der Waals surface area contributed by atoms with Crippen molar-refractivity contribution in [2.24, 2.45) is 7.05 Å². The van der Waals surface area contributed by atoms with Crippen LogP contribution in [0.1, 0.15) is 35.0 Å². The fraction of sp³-hybridized carbons (Fsp3) is 0.444. The summed E-state index contributed by atoms with van der Waals surface area (Å²) in [4.78, 5) is 14.4. The van der Waals surface area contributed by atoms with Crippen molar-refractivity contribution in [2.45, 2.75) is 38.8 Å². The number of β-amino-alcohol motifs (C(OH)–C–C–N with tert-alkyl or cyclic N) is 1. The third-order valence-corrected chi connectivity index (χ3v) is 4.91. The Bertz CT molecular complexity index is 819. The van der Waals surface area contributed by atoms with Crippen molar-refractivity contribution in [3.63, 3.8) is 0 Å². The zero-order chi connectivity index (χ0) is 18.3. The molecule has 134 valence electrons.